The van der Waals surface area contributed by atoms with E-state index < -0.39 is 10.1 Å². The molecule has 4 nitrogen and oxygen atoms in total. The highest BCUT2D eigenvalue weighted by Crippen LogP contribution is 2.33. The topological polar surface area (TPSA) is 60.4 Å². The van der Waals surface area contributed by atoms with E-state index in [-0.39, 0.29) is 16.9 Å². The number of carbonyl (C=O) groups excluding carboxylic acids is 1. The first-order valence-electron chi connectivity index (χ1n) is 5.55. The molecular formula is C13H18O4S. The van der Waals surface area contributed by atoms with Crippen molar-refractivity contribution in [2.45, 2.75) is 33.1 Å². The van der Waals surface area contributed by atoms with Gasteiger partial charge in [-0.1, -0.05) is 20.8 Å². The van der Waals surface area contributed by atoms with E-state index in [1.807, 2.05) is 20.8 Å². The van der Waals surface area contributed by atoms with Crippen LogP contribution in [0.5, 0.6) is 5.75 Å². The molecule has 0 saturated carbocycles. The summed E-state index contributed by atoms with van der Waals surface area (Å²) in [5.41, 5.74) is 0.923. The van der Waals surface area contributed by atoms with Crippen LogP contribution in [-0.4, -0.2) is 20.5 Å². The van der Waals surface area contributed by atoms with E-state index in [0.717, 1.165) is 6.26 Å². The van der Waals surface area contributed by atoms with Crippen molar-refractivity contribution in [3.05, 3.63) is 29.3 Å². The molecule has 0 N–H and O–H groups in total. The fourth-order valence-corrected chi connectivity index (χ4v) is 2.04. The van der Waals surface area contributed by atoms with Crippen molar-refractivity contribution >= 4 is 15.9 Å². The molecule has 0 spiro atoms. The van der Waals surface area contributed by atoms with Gasteiger partial charge in [-0.2, -0.15) is 8.42 Å². The largest absolute Gasteiger partial charge is 0.382 e. The Labute approximate surface area is 108 Å². The van der Waals surface area contributed by atoms with E-state index in [1.165, 1.54) is 13.0 Å². The first-order valence-corrected chi connectivity index (χ1v) is 7.37. The molecule has 0 aromatic heterocycles. The molecule has 0 aliphatic carbocycles. The summed E-state index contributed by atoms with van der Waals surface area (Å²) in [6, 6.07) is 4.78. The van der Waals surface area contributed by atoms with Gasteiger partial charge in [0.05, 0.1) is 6.26 Å². The number of rotatable bonds is 3. The summed E-state index contributed by atoms with van der Waals surface area (Å²) < 4.78 is 27.4. The second-order valence-corrected chi connectivity index (χ2v) is 6.88. The molecule has 100 valence electrons. The Balaban J connectivity index is 3.39. The third-order valence-corrected chi connectivity index (χ3v) is 2.92. The molecule has 0 atom stereocenters. The van der Waals surface area contributed by atoms with E-state index in [4.69, 9.17) is 4.18 Å². The Morgan fingerprint density at radius 1 is 1.22 bits per heavy atom. The van der Waals surface area contributed by atoms with Crippen molar-refractivity contribution in [2.75, 3.05) is 6.26 Å². The van der Waals surface area contributed by atoms with Crippen molar-refractivity contribution in [2.24, 2.45) is 0 Å². The predicted octanol–water partition coefficient (Wildman–Crippen LogP) is 2.53. The Hall–Kier alpha value is -1.36. The van der Waals surface area contributed by atoms with Gasteiger partial charge in [0.1, 0.15) is 5.75 Å². The van der Waals surface area contributed by atoms with Crippen LogP contribution in [0.2, 0.25) is 0 Å². The zero-order valence-corrected chi connectivity index (χ0v) is 12.1. The zero-order valence-electron chi connectivity index (χ0n) is 11.3. The molecular weight excluding hydrogens is 252 g/mol. The SMILES string of the molecule is CC(=O)c1ccc(OS(C)(=O)=O)c(C(C)(C)C)c1. The van der Waals surface area contributed by atoms with E-state index in [0.29, 0.717) is 11.1 Å². The summed E-state index contributed by atoms with van der Waals surface area (Å²) in [7, 11) is -3.58. The van der Waals surface area contributed by atoms with Gasteiger partial charge in [-0.05, 0) is 30.5 Å². The fourth-order valence-electron chi connectivity index (χ4n) is 1.57. The maximum absolute atomic E-state index is 11.4. The van der Waals surface area contributed by atoms with Gasteiger partial charge in [0.2, 0.25) is 0 Å². The molecule has 0 amide bonds. The standard InChI is InChI=1S/C13H18O4S/c1-9(14)10-6-7-12(17-18(5,15)16)11(8-10)13(2,3)4/h6-8H,1-5H3. The summed E-state index contributed by atoms with van der Waals surface area (Å²) in [5.74, 6) is 0.210. The van der Waals surface area contributed by atoms with Crippen molar-refractivity contribution in [1.29, 1.82) is 0 Å². The van der Waals surface area contributed by atoms with E-state index >= 15 is 0 Å². The molecule has 0 heterocycles. The third kappa shape index (κ3) is 3.84. The van der Waals surface area contributed by atoms with Crippen LogP contribution < -0.4 is 4.18 Å². The first kappa shape index (κ1) is 14.7. The maximum Gasteiger partial charge on any atom is 0.306 e. The van der Waals surface area contributed by atoms with E-state index in [2.05, 4.69) is 0 Å². The average Bonchev–Trinajstić information content (AvgIpc) is 2.13. The van der Waals surface area contributed by atoms with Gasteiger partial charge in [0.15, 0.2) is 5.78 Å². The molecule has 18 heavy (non-hydrogen) atoms. The molecule has 0 aliphatic rings. The van der Waals surface area contributed by atoms with Gasteiger partial charge >= 0.3 is 10.1 Å². The molecule has 1 rings (SSSR count). The minimum absolute atomic E-state index is 0.0635. The van der Waals surface area contributed by atoms with Crippen LogP contribution in [0.3, 0.4) is 0 Å². The molecule has 1 aromatic rings. The predicted molar refractivity (Wildman–Crippen MR) is 70.6 cm³/mol. The van der Waals surface area contributed by atoms with Gasteiger partial charge in [-0.25, -0.2) is 0 Å². The summed E-state index contributed by atoms with van der Waals surface area (Å²) in [6.07, 6.45) is 0.998. The average molecular weight is 270 g/mol. The number of hydrogen-bond acceptors (Lipinski definition) is 4. The first-order chi connectivity index (χ1) is 8.00. The number of Topliss-reactive ketones (excluding diaryl/α,β-unsaturated/α-hetero) is 1. The van der Waals surface area contributed by atoms with Gasteiger partial charge in [0.25, 0.3) is 0 Å². The minimum Gasteiger partial charge on any atom is -0.382 e. The second kappa shape index (κ2) is 4.72. The van der Waals surface area contributed by atoms with Gasteiger partial charge < -0.3 is 4.18 Å². The normalized spacial score (nSPS) is 12.3. The number of hydrogen-bond donors (Lipinski definition) is 0. The van der Waals surface area contributed by atoms with Crippen molar-refractivity contribution in [3.8, 4) is 5.75 Å². The van der Waals surface area contributed by atoms with Crippen LogP contribution in [0.1, 0.15) is 43.6 Å². The lowest BCUT2D eigenvalue weighted by Gasteiger charge is -2.22. The molecule has 1 aromatic carbocycles. The lowest BCUT2D eigenvalue weighted by atomic mass is 9.85. The van der Waals surface area contributed by atoms with Gasteiger partial charge in [-0.15, -0.1) is 0 Å². The van der Waals surface area contributed by atoms with E-state index in [1.54, 1.807) is 12.1 Å². The smallest absolute Gasteiger partial charge is 0.306 e. The molecule has 0 fully saturated rings. The van der Waals surface area contributed by atoms with Crippen molar-refractivity contribution < 1.29 is 17.4 Å². The highest BCUT2D eigenvalue weighted by atomic mass is 32.2. The van der Waals surface area contributed by atoms with Crippen LogP contribution in [0.4, 0.5) is 0 Å². The molecule has 0 unspecified atom stereocenters. The molecule has 0 saturated heterocycles. The Morgan fingerprint density at radius 2 is 1.78 bits per heavy atom. The van der Waals surface area contributed by atoms with Crippen LogP contribution in [0.15, 0.2) is 18.2 Å². The summed E-state index contributed by atoms with van der Waals surface area (Å²) >= 11 is 0. The lowest BCUT2D eigenvalue weighted by molar-refractivity contribution is 0.101. The van der Waals surface area contributed by atoms with Crippen LogP contribution >= 0.6 is 0 Å². The minimum atomic E-state index is -3.58. The molecule has 0 radical (unpaired) electrons. The zero-order chi connectivity index (χ0) is 14.1. The number of carbonyl (C=O) groups is 1. The van der Waals surface area contributed by atoms with Gasteiger partial charge in [0, 0.05) is 11.1 Å². The Morgan fingerprint density at radius 3 is 2.17 bits per heavy atom. The quantitative estimate of drug-likeness (QED) is 0.625. The highest BCUT2D eigenvalue weighted by Gasteiger charge is 2.22. The third-order valence-electron chi connectivity index (χ3n) is 2.44. The Bertz CT molecular complexity index is 565. The summed E-state index contributed by atoms with van der Waals surface area (Å²) in [6.45, 7) is 7.27. The number of ketones is 1. The number of benzene rings is 1. The monoisotopic (exact) mass is 270 g/mol. The van der Waals surface area contributed by atoms with Crippen LogP contribution in [0, 0.1) is 0 Å². The van der Waals surface area contributed by atoms with E-state index in [9.17, 15) is 13.2 Å². The summed E-state index contributed by atoms with van der Waals surface area (Å²) in [4.78, 5) is 11.4. The molecule has 0 bridgehead atoms. The second-order valence-electron chi connectivity index (χ2n) is 5.30. The highest BCUT2D eigenvalue weighted by molar-refractivity contribution is 7.86. The molecule has 5 heteroatoms. The van der Waals surface area contributed by atoms with Crippen LogP contribution in [-0.2, 0) is 15.5 Å². The summed E-state index contributed by atoms with van der Waals surface area (Å²) in [5, 5.41) is 0. The van der Waals surface area contributed by atoms with Crippen molar-refractivity contribution in [1.82, 2.24) is 0 Å². The fraction of sp³-hybridized carbons (Fsp3) is 0.462. The Kier molecular flexibility index (Phi) is 3.86. The maximum atomic E-state index is 11.4. The molecule has 0 aliphatic heterocycles. The van der Waals surface area contributed by atoms with Crippen LogP contribution in [0.25, 0.3) is 0 Å². The lowest BCUT2D eigenvalue weighted by Crippen LogP contribution is -2.16. The van der Waals surface area contributed by atoms with Gasteiger partial charge in [-0.3, -0.25) is 4.79 Å². The van der Waals surface area contributed by atoms with Crippen molar-refractivity contribution in [3.63, 3.8) is 0 Å².